The van der Waals surface area contributed by atoms with E-state index in [1.807, 2.05) is 6.92 Å². The number of hydrogen-bond donors (Lipinski definition) is 2. The first-order valence-electron chi connectivity index (χ1n) is 7.98. The fourth-order valence-corrected chi connectivity index (χ4v) is 2.68. The van der Waals surface area contributed by atoms with E-state index in [1.54, 1.807) is 24.3 Å². The molecule has 1 aliphatic rings. The number of aliphatic carboxylic acids is 1. The minimum absolute atomic E-state index is 0.127. The molecule has 0 bridgehead atoms. The monoisotopic (exact) mass is 321 g/mol. The van der Waals surface area contributed by atoms with E-state index >= 15 is 0 Å². The third-order valence-electron chi connectivity index (χ3n) is 3.85. The van der Waals surface area contributed by atoms with Crippen LogP contribution in [0, 0.1) is 5.92 Å². The topological polar surface area (TPSA) is 84.9 Å². The molecule has 1 aromatic rings. The van der Waals surface area contributed by atoms with Crippen molar-refractivity contribution in [2.24, 2.45) is 5.92 Å². The van der Waals surface area contributed by atoms with Crippen LogP contribution in [-0.2, 0) is 9.59 Å². The summed E-state index contributed by atoms with van der Waals surface area (Å²) >= 11 is 0. The van der Waals surface area contributed by atoms with Crippen molar-refractivity contribution in [2.75, 3.05) is 13.2 Å². The lowest BCUT2D eigenvalue weighted by molar-refractivity contribution is -0.142. The van der Waals surface area contributed by atoms with Gasteiger partial charge < -0.3 is 19.9 Å². The van der Waals surface area contributed by atoms with Crippen LogP contribution in [0.2, 0.25) is 0 Å². The normalized spacial score (nSPS) is 20.0. The molecule has 2 rings (SSSR count). The fraction of sp³-hybridized carbons (Fsp3) is 0.529. The van der Waals surface area contributed by atoms with Crippen LogP contribution < -0.4 is 14.8 Å². The van der Waals surface area contributed by atoms with Gasteiger partial charge in [0, 0.05) is 6.04 Å². The van der Waals surface area contributed by atoms with Crippen LogP contribution in [0.4, 0.5) is 0 Å². The SMILES string of the molecule is CCCOc1ccc(OCC(=O)N[C@@H]2CCC[C@@H]2C(=O)O)cc1. The van der Waals surface area contributed by atoms with E-state index in [0.29, 0.717) is 25.2 Å². The molecule has 23 heavy (non-hydrogen) atoms. The van der Waals surface area contributed by atoms with Crippen molar-refractivity contribution in [1.82, 2.24) is 5.32 Å². The molecule has 126 valence electrons. The summed E-state index contributed by atoms with van der Waals surface area (Å²) in [6, 6.07) is 6.77. The molecule has 6 heteroatoms. The van der Waals surface area contributed by atoms with E-state index in [0.717, 1.165) is 18.6 Å². The number of benzene rings is 1. The van der Waals surface area contributed by atoms with Gasteiger partial charge in [-0.15, -0.1) is 0 Å². The maximum Gasteiger partial charge on any atom is 0.308 e. The summed E-state index contributed by atoms with van der Waals surface area (Å²) in [7, 11) is 0. The Morgan fingerprint density at radius 3 is 2.43 bits per heavy atom. The Morgan fingerprint density at radius 1 is 1.17 bits per heavy atom. The van der Waals surface area contributed by atoms with Crippen LogP contribution in [0.1, 0.15) is 32.6 Å². The van der Waals surface area contributed by atoms with Crippen molar-refractivity contribution >= 4 is 11.9 Å². The molecule has 1 amide bonds. The number of carbonyl (C=O) groups is 2. The van der Waals surface area contributed by atoms with E-state index in [9.17, 15) is 9.59 Å². The quantitative estimate of drug-likeness (QED) is 0.767. The van der Waals surface area contributed by atoms with Gasteiger partial charge in [0.1, 0.15) is 11.5 Å². The summed E-state index contributed by atoms with van der Waals surface area (Å²) < 4.78 is 10.9. The van der Waals surface area contributed by atoms with E-state index < -0.39 is 11.9 Å². The highest BCUT2D eigenvalue weighted by Gasteiger charge is 2.33. The summed E-state index contributed by atoms with van der Waals surface area (Å²) in [6.45, 7) is 2.57. The fourth-order valence-electron chi connectivity index (χ4n) is 2.68. The highest BCUT2D eigenvalue weighted by atomic mass is 16.5. The molecule has 1 aliphatic carbocycles. The number of ether oxygens (including phenoxy) is 2. The number of carboxylic acids is 1. The van der Waals surface area contributed by atoms with E-state index in [1.165, 1.54) is 0 Å². The zero-order valence-electron chi connectivity index (χ0n) is 13.3. The molecule has 0 heterocycles. The third-order valence-corrected chi connectivity index (χ3v) is 3.85. The summed E-state index contributed by atoms with van der Waals surface area (Å²) in [5.41, 5.74) is 0. The van der Waals surface area contributed by atoms with Crippen molar-refractivity contribution in [1.29, 1.82) is 0 Å². The van der Waals surface area contributed by atoms with Gasteiger partial charge in [-0.25, -0.2) is 0 Å². The molecule has 0 saturated heterocycles. The van der Waals surface area contributed by atoms with Gasteiger partial charge in [0.15, 0.2) is 6.61 Å². The maximum absolute atomic E-state index is 11.9. The molecule has 1 aromatic carbocycles. The van der Waals surface area contributed by atoms with E-state index in [2.05, 4.69) is 5.32 Å². The highest BCUT2D eigenvalue weighted by Crippen LogP contribution is 2.25. The van der Waals surface area contributed by atoms with Crippen molar-refractivity contribution < 1.29 is 24.2 Å². The Labute approximate surface area is 135 Å². The van der Waals surface area contributed by atoms with E-state index in [-0.39, 0.29) is 18.6 Å². The van der Waals surface area contributed by atoms with Crippen LogP contribution in [0.5, 0.6) is 11.5 Å². The average molecular weight is 321 g/mol. The Hall–Kier alpha value is -2.24. The number of carbonyl (C=O) groups excluding carboxylic acids is 1. The summed E-state index contributed by atoms with van der Waals surface area (Å²) in [5, 5.41) is 11.8. The second kappa shape index (κ2) is 8.41. The van der Waals surface area contributed by atoms with Gasteiger partial charge in [0.2, 0.25) is 0 Å². The molecule has 2 atom stereocenters. The molecule has 0 unspecified atom stereocenters. The number of rotatable bonds is 8. The van der Waals surface area contributed by atoms with Gasteiger partial charge >= 0.3 is 5.97 Å². The van der Waals surface area contributed by atoms with Crippen LogP contribution in [0.3, 0.4) is 0 Å². The van der Waals surface area contributed by atoms with Crippen molar-refractivity contribution in [3.05, 3.63) is 24.3 Å². The molecular formula is C17H23NO5. The molecule has 0 aromatic heterocycles. The van der Waals surface area contributed by atoms with Gasteiger partial charge in [0.25, 0.3) is 5.91 Å². The van der Waals surface area contributed by atoms with Gasteiger partial charge in [-0.1, -0.05) is 13.3 Å². The first kappa shape index (κ1) is 17.1. The predicted octanol–water partition coefficient (Wildman–Crippen LogP) is 2.22. The molecule has 0 spiro atoms. The summed E-state index contributed by atoms with van der Waals surface area (Å²) in [5.74, 6) is -0.302. The number of carboxylic acid groups (broad SMARTS) is 1. The molecule has 1 saturated carbocycles. The van der Waals surface area contributed by atoms with Crippen molar-refractivity contribution in [2.45, 2.75) is 38.6 Å². The number of amides is 1. The van der Waals surface area contributed by atoms with Crippen LogP contribution in [-0.4, -0.2) is 36.2 Å². The molecule has 1 fully saturated rings. The zero-order valence-corrected chi connectivity index (χ0v) is 13.3. The Bertz CT molecular complexity index is 528. The van der Waals surface area contributed by atoms with Gasteiger partial charge in [-0.2, -0.15) is 0 Å². The van der Waals surface area contributed by atoms with Gasteiger partial charge in [-0.3, -0.25) is 9.59 Å². The second-order valence-corrected chi connectivity index (χ2v) is 5.66. The van der Waals surface area contributed by atoms with E-state index in [4.69, 9.17) is 14.6 Å². The first-order valence-corrected chi connectivity index (χ1v) is 7.98. The molecule has 6 nitrogen and oxygen atoms in total. The maximum atomic E-state index is 11.9. The zero-order chi connectivity index (χ0) is 16.7. The average Bonchev–Trinajstić information content (AvgIpc) is 3.00. The highest BCUT2D eigenvalue weighted by molar-refractivity contribution is 5.79. The van der Waals surface area contributed by atoms with Crippen LogP contribution in [0.25, 0.3) is 0 Å². The minimum Gasteiger partial charge on any atom is -0.494 e. The first-order chi connectivity index (χ1) is 11.1. The lowest BCUT2D eigenvalue weighted by atomic mass is 10.0. The van der Waals surface area contributed by atoms with Crippen LogP contribution >= 0.6 is 0 Å². The number of hydrogen-bond acceptors (Lipinski definition) is 4. The van der Waals surface area contributed by atoms with Crippen molar-refractivity contribution in [3.8, 4) is 11.5 Å². The number of nitrogens with one attached hydrogen (secondary N) is 1. The molecule has 0 aliphatic heterocycles. The Morgan fingerprint density at radius 2 is 1.83 bits per heavy atom. The van der Waals surface area contributed by atoms with Gasteiger partial charge in [0.05, 0.1) is 12.5 Å². The minimum atomic E-state index is -0.851. The smallest absolute Gasteiger partial charge is 0.308 e. The van der Waals surface area contributed by atoms with Crippen molar-refractivity contribution in [3.63, 3.8) is 0 Å². The summed E-state index contributed by atoms with van der Waals surface area (Å²) in [6.07, 6.45) is 3.07. The molecule has 0 radical (unpaired) electrons. The van der Waals surface area contributed by atoms with Crippen LogP contribution in [0.15, 0.2) is 24.3 Å². The Kier molecular flexibility index (Phi) is 6.26. The third kappa shape index (κ3) is 5.16. The standard InChI is InChI=1S/C17H23NO5/c1-2-10-22-12-6-8-13(9-7-12)23-11-16(19)18-15-5-3-4-14(15)17(20)21/h6-9,14-15H,2-5,10-11H2,1H3,(H,18,19)(H,20,21)/t14-,15+/m0/s1. The largest absolute Gasteiger partial charge is 0.494 e. The molecular weight excluding hydrogens is 298 g/mol. The molecule has 2 N–H and O–H groups in total. The Balaban J connectivity index is 1.76. The lowest BCUT2D eigenvalue weighted by Gasteiger charge is -2.17. The lowest BCUT2D eigenvalue weighted by Crippen LogP contribution is -2.42. The summed E-state index contributed by atoms with van der Waals surface area (Å²) in [4.78, 5) is 23.0. The van der Waals surface area contributed by atoms with Gasteiger partial charge in [-0.05, 0) is 43.5 Å². The predicted molar refractivity (Wildman–Crippen MR) is 84.6 cm³/mol. The second-order valence-electron chi connectivity index (χ2n) is 5.66.